The molecule has 0 spiro atoms. The topological polar surface area (TPSA) is 72.6 Å². The Labute approximate surface area is 121 Å². The van der Waals surface area contributed by atoms with Crippen molar-refractivity contribution in [2.24, 2.45) is 11.1 Å². The molecule has 1 rings (SSSR count). The Balaban J connectivity index is 2.88. The number of piperidine rings is 1. The zero-order chi connectivity index (χ0) is 15.2. The number of nitrogens with zero attached hydrogens (tertiary/aromatic N) is 1. The average Bonchev–Trinajstić information content (AvgIpc) is 2.49. The summed E-state index contributed by atoms with van der Waals surface area (Å²) in [6, 6.07) is -0.0345. The lowest BCUT2D eigenvalue weighted by Crippen LogP contribution is -2.53. The Hall–Kier alpha value is -1.10. The van der Waals surface area contributed by atoms with Crippen LogP contribution in [0.15, 0.2) is 0 Å². The SMILES string of the molecule is CCC(CC)(CN)C(=O)N1CCCCC1CC(=O)OC. The van der Waals surface area contributed by atoms with Gasteiger partial charge in [0.1, 0.15) is 0 Å². The second-order valence-electron chi connectivity index (χ2n) is 5.62. The average molecular weight is 284 g/mol. The van der Waals surface area contributed by atoms with Crippen LogP contribution in [0.5, 0.6) is 0 Å². The summed E-state index contributed by atoms with van der Waals surface area (Å²) in [5.74, 6) is -0.139. The molecule has 0 bridgehead atoms. The van der Waals surface area contributed by atoms with Gasteiger partial charge < -0.3 is 15.4 Å². The minimum atomic E-state index is -0.480. The molecule has 0 aliphatic carbocycles. The second-order valence-corrected chi connectivity index (χ2v) is 5.62. The van der Waals surface area contributed by atoms with Gasteiger partial charge in [-0.25, -0.2) is 0 Å². The molecular formula is C15H28N2O3. The first-order valence-corrected chi connectivity index (χ1v) is 7.62. The normalized spacial score (nSPS) is 19.8. The van der Waals surface area contributed by atoms with E-state index in [2.05, 4.69) is 0 Å². The number of likely N-dealkylation sites (tertiary alicyclic amines) is 1. The van der Waals surface area contributed by atoms with Crippen molar-refractivity contribution in [3.05, 3.63) is 0 Å². The number of carbonyl (C=O) groups excluding carboxylic acids is 2. The minimum absolute atomic E-state index is 0.0345. The Kier molecular flexibility index (Phi) is 6.46. The summed E-state index contributed by atoms with van der Waals surface area (Å²) in [6.07, 6.45) is 4.68. The van der Waals surface area contributed by atoms with Gasteiger partial charge in [-0.3, -0.25) is 9.59 Å². The van der Waals surface area contributed by atoms with Crippen molar-refractivity contribution < 1.29 is 14.3 Å². The van der Waals surface area contributed by atoms with Crippen LogP contribution in [0.25, 0.3) is 0 Å². The number of ether oxygens (including phenoxy) is 1. The van der Waals surface area contributed by atoms with E-state index in [9.17, 15) is 9.59 Å². The molecule has 2 N–H and O–H groups in total. The summed E-state index contributed by atoms with van der Waals surface area (Å²) in [4.78, 5) is 26.3. The van der Waals surface area contributed by atoms with E-state index >= 15 is 0 Å². The van der Waals surface area contributed by atoms with Crippen molar-refractivity contribution in [2.75, 3.05) is 20.2 Å². The van der Waals surface area contributed by atoms with E-state index in [4.69, 9.17) is 10.5 Å². The van der Waals surface area contributed by atoms with Crippen LogP contribution in [0.1, 0.15) is 52.4 Å². The predicted octanol–water partition coefficient (Wildman–Crippen LogP) is 1.70. The number of nitrogens with two attached hydrogens (primary N) is 1. The molecule has 1 aliphatic rings. The van der Waals surface area contributed by atoms with E-state index in [1.54, 1.807) is 0 Å². The van der Waals surface area contributed by atoms with E-state index in [0.29, 0.717) is 6.54 Å². The highest BCUT2D eigenvalue weighted by Gasteiger charge is 2.40. The van der Waals surface area contributed by atoms with E-state index in [1.165, 1.54) is 7.11 Å². The van der Waals surface area contributed by atoms with Gasteiger partial charge in [0.15, 0.2) is 0 Å². The van der Waals surface area contributed by atoms with Gasteiger partial charge in [-0.1, -0.05) is 13.8 Å². The van der Waals surface area contributed by atoms with Crippen molar-refractivity contribution in [3.63, 3.8) is 0 Å². The van der Waals surface area contributed by atoms with Crippen molar-refractivity contribution in [1.82, 2.24) is 4.90 Å². The summed E-state index contributed by atoms with van der Waals surface area (Å²) in [5, 5.41) is 0. The van der Waals surface area contributed by atoms with Gasteiger partial charge in [-0.2, -0.15) is 0 Å². The van der Waals surface area contributed by atoms with Crippen LogP contribution in [0, 0.1) is 5.41 Å². The molecule has 5 nitrogen and oxygen atoms in total. The highest BCUT2D eigenvalue weighted by Crippen LogP contribution is 2.31. The maximum atomic E-state index is 12.9. The van der Waals surface area contributed by atoms with Gasteiger partial charge in [-0.15, -0.1) is 0 Å². The van der Waals surface area contributed by atoms with Crippen molar-refractivity contribution in [1.29, 1.82) is 0 Å². The first kappa shape index (κ1) is 17.0. The summed E-state index contributed by atoms with van der Waals surface area (Å²) in [7, 11) is 1.39. The quantitative estimate of drug-likeness (QED) is 0.753. The van der Waals surface area contributed by atoms with Gasteiger partial charge in [0, 0.05) is 19.1 Å². The van der Waals surface area contributed by atoms with E-state index < -0.39 is 5.41 Å². The lowest BCUT2D eigenvalue weighted by atomic mass is 9.79. The first-order valence-electron chi connectivity index (χ1n) is 7.62. The smallest absolute Gasteiger partial charge is 0.307 e. The van der Waals surface area contributed by atoms with Crippen LogP contribution in [0.2, 0.25) is 0 Å². The van der Waals surface area contributed by atoms with Crippen molar-refractivity contribution >= 4 is 11.9 Å². The third kappa shape index (κ3) is 3.51. The molecule has 5 heteroatoms. The molecule has 0 aromatic rings. The lowest BCUT2D eigenvalue weighted by molar-refractivity contribution is -0.149. The fourth-order valence-corrected chi connectivity index (χ4v) is 2.99. The predicted molar refractivity (Wildman–Crippen MR) is 78.1 cm³/mol. The molecule has 0 radical (unpaired) electrons. The number of methoxy groups -OCH3 is 1. The lowest BCUT2D eigenvalue weighted by Gasteiger charge is -2.41. The molecule has 0 aromatic carbocycles. The Morgan fingerprint density at radius 1 is 1.30 bits per heavy atom. The van der Waals surface area contributed by atoms with Crippen LogP contribution in [-0.2, 0) is 14.3 Å². The Bertz CT molecular complexity index is 332. The number of esters is 1. The molecule has 1 saturated heterocycles. The first-order chi connectivity index (χ1) is 9.54. The minimum Gasteiger partial charge on any atom is -0.469 e. The zero-order valence-corrected chi connectivity index (χ0v) is 13.0. The van der Waals surface area contributed by atoms with Gasteiger partial charge >= 0.3 is 5.97 Å². The monoisotopic (exact) mass is 284 g/mol. The van der Waals surface area contributed by atoms with Crippen LogP contribution in [0.3, 0.4) is 0 Å². The van der Waals surface area contributed by atoms with Crippen molar-refractivity contribution in [3.8, 4) is 0 Å². The molecule has 1 amide bonds. The fraction of sp³-hybridized carbons (Fsp3) is 0.867. The van der Waals surface area contributed by atoms with Gasteiger partial charge in [-0.05, 0) is 32.1 Å². The molecule has 116 valence electrons. The van der Waals surface area contributed by atoms with Crippen LogP contribution in [-0.4, -0.2) is 43.0 Å². The summed E-state index contributed by atoms with van der Waals surface area (Å²) in [5.41, 5.74) is 5.39. The maximum absolute atomic E-state index is 12.9. The van der Waals surface area contributed by atoms with Gasteiger partial charge in [0.05, 0.1) is 18.9 Å². The molecule has 0 aromatic heterocycles. The molecule has 1 fully saturated rings. The third-order valence-electron chi connectivity index (χ3n) is 4.72. The van der Waals surface area contributed by atoms with Crippen molar-refractivity contribution in [2.45, 2.75) is 58.4 Å². The van der Waals surface area contributed by atoms with Gasteiger partial charge in [0.2, 0.25) is 5.91 Å². The molecule has 1 aliphatic heterocycles. The number of amides is 1. The Morgan fingerprint density at radius 3 is 2.45 bits per heavy atom. The summed E-state index contributed by atoms with van der Waals surface area (Å²) < 4.78 is 4.74. The highest BCUT2D eigenvalue weighted by molar-refractivity contribution is 5.84. The fourth-order valence-electron chi connectivity index (χ4n) is 2.99. The van der Waals surface area contributed by atoms with E-state index in [-0.39, 0.29) is 24.3 Å². The molecule has 1 atom stereocenters. The Morgan fingerprint density at radius 2 is 1.95 bits per heavy atom. The largest absolute Gasteiger partial charge is 0.469 e. The number of rotatable bonds is 6. The van der Waals surface area contributed by atoms with Crippen LogP contribution >= 0.6 is 0 Å². The molecule has 1 heterocycles. The molecule has 1 unspecified atom stereocenters. The molecule has 20 heavy (non-hydrogen) atoms. The molecular weight excluding hydrogens is 256 g/mol. The summed E-state index contributed by atoms with van der Waals surface area (Å²) >= 11 is 0. The van der Waals surface area contributed by atoms with Gasteiger partial charge in [0.25, 0.3) is 0 Å². The van der Waals surface area contributed by atoms with E-state index in [0.717, 1.165) is 38.6 Å². The maximum Gasteiger partial charge on any atom is 0.307 e. The highest BCUT2D eigenvalue weighted by atomic mass is 16.5. The number of hydrogen-bond donors (Lipinski definition) is 1. The van der Waals surface area contributed by atoms with Crippen LogP contribution < -0.4 is 5.73 Å². The third-order valence-corrected chi connectivity index (χ3v) is 4.72. The second kappa shape index (κ2) is 7.62. The number of hydrogen-bond acceptors (Lipinski definition) is 4. The van der Waals surface area contributed by atoms with E-state index in [1.807, 2.05) is 18.7 Å². The summed E-state index contributed by atoms with van der Waals surface area (Å²) in [6.45, 7) is 5.10. The van der Waals surface area contributed by atoms with Crippen LogP contribution in [0.4, 0.5) is 0 Å². The standard InChI is InChI=1S/C15H28N2O3/c1-4-15(5-2,11-16)14(19)17-9-7-6-8-12(17)10-13(18)20-3/h12H,4-11,16H2,1-3H3. The number of carbonyl (C=O) groups is 2. The zero-order valence-electron chi connectivity index (χ0n) is 13.0. The molecule has 0 saturated carbocycles.